The second kappa shape index (κ2) is 8.06. The Morgan fingerprint density at radius 1 is 1.10 bits per heavy atom. The standard InChI is InChI=1S/C15H17N3O2S/c19-14(13-9-5-11-20-13)17-18-15(21)16-10-4-8-12-6-2-1-3-7-12/h1-3,5-7,9,11H,4,8,10H2,(H,17,19)(H2,16,18,21). The van der Waals surface area contributed by atoms with Gasteiger partial charge in [0.2, 0.25) is 0 Å². The number of carbonyl (C=O) groups is 1. The van der Waals surface area contributed by atoms with E-state index < -0.39 is 0 Å². The van der Waals surface area contributed by atoms with E-state index in [0.29, 0.717) is 5.11 Å². The third kappa shape index (κ3) is 5.27. The van der Waals surface area contributed by atoms with Crippen molar-refractivity contribution in [1.82, 2.24) is 16.2 Å². The van der Waals surface area contributed by atoms with Crippen molar-refractivity contribution in [3.63, 3.8) is 0 Å². The molecule has 3 N–H and O–H groups in total. The van der Waals surface area contributed by atoms with Gasteiger partial charge in [0, 0.05) is 6.54 Å². The van der Waals surface area contributed by atoms with Crippen molar-refractivity contribution in [3.8, 4) is 0 Å². The van der Waals surface area contributed by atoms with E-state index in [-0.39, 0.29) is 11.7 Å². The maximum atomic E-state index is 11.6. The van der Waals surface area contributed by atoms with Crippen LogP contribution >= 0.6 is 12.2 Å². The zero-order valence-electron chi connectivity index (χ0n) is 11.5. The number of nitrogens with one attached hydrogen (secondary N) is 3. The summed E-state index contributed by atoms with van der Waals surface area (Å²) in [4.78, 5) is 11.6. The van der Waals surface area contributed by atoms with Gasteiger partial charge < -0.3 is 9.73 Å². The number of rotatable bonds is 5. The number of aryl methyl sites for hydroxylation is 1. The maximum absolute atomic E-state index is 11.6. The van der Waals surface area contributed by atoms with Gasteiger partial charge in [-0.3, -0.25) is 15.6 Å². The third-order valence-corrected chi connectivity index (χ3v) is 3.05. The summed E-state index contributed by atoms with van der Waals surface area (Å²) in [5.74, 6) is -0.136. The van der Waals surface area contributed by atoms with Gasteiger partial charge in [-0.15, -0.1) is 0 Å². The van der Waals surface area contributed by atoms with E-state index in [4.69, 9.17) is 16.6 Å². The Morgan fingerprint density at radius 2 is 1.90 bits per heavy atom. The predicted octanol–water partition coefficient (Wildman–Crippen LogP) is 2.02. The molecule has 1 amide bonds. The Bertz CT molecular complexity index is 570. The van der Waals surface area contributed by atoms with Gasteiger partial charge in [0.1, 0.15) is 0 Å². The Balaban J connectivity index is 1.59. The van der Waals surface area contributed by atoms with Gasteiger partial charge in [-0.25, -0.2) is 0 Å². The minimum Gasteiger partial charge on any atom is -0.459 e. The van der Waals surface area contributed by atoms with Crippen molar-refractivity contribution in [2.75, 3.05) is 6.54 Å². The largest absolute Gasteiger partial charge is 0.459 e. The highest BCUT2D eigenvalue weighted by molar-refractivity contribution is 7.80. The lowest BCUT2D eigenvalue weighted by Gasteiger charge is -2.10. The van der Waals surface area contributed by atoms with Crippen molar-refractivity contribution >= 4 is 23.2 Å². The number of hydrazine groups is 1. The van der Waals surface area contributed by atoms with E-state index in [0.717, 1.165) is 19.4 Å². The number of furan rings is 1. The zero-order valence-corrected chi connectivity index (χ0v) is 12.3. The van der Waals surface area contributed by atoms with Gasteiger partial charge in [-0.05, 0) is 42.8 Å². The second-order valence-electron chi connectivity index (χ2n) is 4.40. The molecule has 0 aliphatic heterocycles. The Hall–Kier alpha value is -2.34. The first-order chi connectivity index (χ1) is 10.3. The molecule has 1 heterocycles. The van der Waals surface area contributed by atoms with E-state index in [1.54, 1.807) is 12.1 Å². The van der Waals surface area contributed by atoms with Crippen LogP contribution in [0.2, 0.25) is 0 Å². The molecule has 0 bridgehead atoms. The minimum absolute atomic E-state index is 0.231. The molecule has 2 rings (SSSR count). The molecule has 0 unspecified atom stereocenters. The average molecular weight is 303 g/mol. The average Bonchev–Trinajstić information content (AvgIpc) is 3.05. The number of carbonyl (C=O) groups excluding carboxylic acids is 1. The monoisotopic (exact) mass is 303 g/mol. The molecule has 1 aromatic heterocycles. The predicted molar refractivity (Wildman–Crippen MR) is 84.7 cm³/mol. The van der Waals surface area contributed by atoms with Gasteiger partial charge in [0.25, 0.3) is 0 Å². The number of benzene rings is 1. The van der Waals surface area contributed by atoms with Crippen molar-refractivity contribution < 1.29 is 9.21 Å². The van der Waals surface area contributed by atoms with Crippen molar-refractivity contribution in [1.29, 1.82) is 0 Å². The van der Waals surface area contributed by atoms with E-state index in [2.05, 4.69) is 28.3 Å². The fourth-order valence-corrected chi connectivity index (χ4v) is 1.92. The molecular weight excluding hydrogens is 286 g/mol. The second-order valence-corrected chi connectivity index (χ2v) is 4.81. The maximum Gasteiger partial charge on any atom is 0.305 e. The number of hydrogen-bond acceptors (Lipinski definition) is 3. The fraction of sp³-hybridized carbons (Fsp3) is 0.200. The lowest BCUT2D eigenvalue weighted by molar-refractivity contribution is 0.0916. The molecule has 0 saturated carbocycles. The fourth-order valence-electron chi connectivity index (χ4n) is 1.77. The molecule has 2 aromatic rings. The van der Waals surface area contributed by atoms with Crippen LogP contribution < -0.4 is 16.2 Å². The minimum atomic E-state index is -0.367. The van der Waals surface area contributed by atoms with Crippen LogP contribution in [0.1, 0.15) is 22.5 Å². The molecule has 110 valence electrons. The molecule has 0 saturated heterocycles. The van der Waals surface area contributed by atoms with Crippen LogP contribution in [0.4, 0.5) is 0 Å². The number of hydrogen-bond donors (Lipinski definition) is 3. The SMILES string of the molecule is O=C(NNC(=S)NCCCc1ccccc1)c1ccco1. The summed E-state index contributed by atoms with van der Waals surface area (Å²) in [5.41, 5.74) is 6.38. The normalized spacial score (nSPS) is 9.90. The first-order valence-corrected chi connectivity index (χ1v) is 7.08. The summed E-state index contributed by atoms with van der Waals surface area (Å²) in [6, 6.07) is 13.5. The Kier molecular flexibility index (Phi) is 5.78. The first kappa shape index (κ1) is 15.1. The van der Waals surface area contributed by atoms with Gasteiger partial charge in [0.15, 0.2) is 10.9 Å². The van der Waals surface area contributed by atoms with Crippen molar-refractivity contribution in [3.05, 3.63) is 60.1 Å². The summed E-state index contributed by atoms with van der Waals surface area (Å²) in [5, 5.41) is 3.41. The van der Waals surface area contributed by atoms with Crippen molar-refractivity contribution in [2.45, 2.75) is 12.8 Å². The Morgan fingerprint density at radius 3 is 2.62 bits per heavy atom. The van der Waals surface area contributed by atoms with Crippen molar-refractivity contribution in [2.24, 2.45) is 0 Å². The lowest BCUT2D eigenvalue weighted by atomic mass is 10.1. The first-order valence-electron chi connectivity index (χ1n) is 6.67. The number of amides is 1. The van der Waals surface area contributed by atoms with Crippen LogP contribution in [0.5, 0.6) is 0 Å². The molecule has 0 aliphatic rings. The zero-order chi connectivity index (χ0) is 14.9. The number of thiocarbonyl (C=S) groups is 1. The van der Waals surface area contributed by atoms with Crippen LogP contribution in [0.25, 0.3) is 0 Å². The van der Waals surface area contributed by atoms with Crippen LogP contribution in [0.15, 0.2) is 53.1 Å². The van der Waals surface area contributed by atoms with E-state index in [9.17, 15) is 4.79 Å². The molecule has 0 fully saturated rings. The molecule has 6 heteroatoms. The van der Waals surface area contributed by atoms with Crippen LogP contribution in [-0.4, -0.2) is 17.6 Å². The summed E-state index contributed by atoms with van der Waals surface area (Å²) in [6.07, 6.45) is 3.38. The molecule has 0 radical (unpaired) electrons. The highest BCUT2D eigenvalue weighted by atomic mass is 32.1. The molecule has 21 heavy (non-hydrogen) atoms. The van der Waals surface area contributed by atoms with Crippen LogP contribution in [0, 0.1) is 0 Å². The van der Waals surface area contributed by atoms with E-state index in [1.807, 2.05) is 18.2 Å². The van der Waals surface area contributed by atoms with E-state index >= 15 is 0 Å². The molecule has 0 atom stereocenters. The van der Waals surface area contributed by atoms with E-state index in [1.165, 1.54) is 11.8 Å². The summed E-state index contributed by atoms with van der Waals surface area (Å²) in [7, 11) is 0. The molecule has 0 spiro atoms. The quantitative estimate of drug-likeness (QED) is 0.448. The highest BCUT2D eigenvalue weighted by Gasteiger charge is 2.07. The van der Waals surface area contributed by atoms with Crippen LogP contribution in [0.3, 0.4) is 0 Å². The van der Waals surface area contributed by atoms with Crippen LogP contribution in [-0.2, 0) is 6.42 Å². The molecular formula is C15H17N3O2S. The van der Waals surface area contributed by atoms with Gasteiger partial charge in [-0.2, -0.15) is 0 Å². The summed E-state index contributed by atoms with van der Waals surface area (Å²) in [6.45, 7) is 0.733. The van der Waals surface area contributed by atoms with Gasteiger partial charge >= 0.3 is 5.91 Å². The molecule has 1 aromatic carbocycles. The third-order valence-electron chi connectivity index (χ3n) is 2.81. The smallest absolute Gasteiger partial charge is 0.305 e. The van der Waals surface area contributed by atoms with Gasteiger partial charge in [-0.1, -0.05) is 30.3 Å². The summed E-state index contributed by atoms with van der Waals surface area (Å²) >= 11 is 5.06. The summed E-state index contributed by atoms with van der Waals surface area (Å²) < 4.78 is 4.96. The molecule has 0 aliphatic carbocycles. The Labute approximate surface area is 128 Å². The van der Waals surface area contributed by atoms with Gasteiger partial charge in [0.05, 0.1) is 6.26 Å². The topological polar surface area (TPSA) is 66.3 Å². The highest BCUT2D eigenvalue weighted by Crippen LogP contribution is 2.01. The molecule has 5 nitrogen and oxygen atoms in total. The lowest BCUT2D eigenvalue weighted by Crippen LogP contribution is -2.46.